The highest BCUT2D eigenvalue weighted by atomic mass is 16.5. The van der Waals surface area contributed by atoms with Gasteiger partial charge in [0.1, 0.15) is 11.5 Å². The van der Waals surface area contributed by atoms with Crippen LogP contribution in [0.5, 0.6) is 11.5 Å². The van der Waals surface area contributed by atoms with E-state index in [9.17, 15) is 9.59 Å². The molecule has 0 aromatic heterocycles. The number of carbonyl (C=O) groups excluding carboxylic acids is 2. The van der Waals surface area contributed by atoms with Gasteiger partial charge in [-0.25, -0.2) is 4.79 Å². The molecule has 0 aliphatic heterocycles. The van der Waals surface area contributed by atoms with Crippen LogP contribution in [-0.2, 0) is 11.3 Å². The van der Waals surface area contributed by atoms with Crippen LogP contribution in [0.1, 0.15) is 18.9 Å². The van der Waals surface area contributed by atoms with E-state index in [2.05, 4.69) is 5.32 Å². The second kappa shape index (κ2) is 8.80. The van der Waals surface area contributed by atoms with Crippen LogP contribution in [0.4, 0.5) is 4.79 Å². The summed E-state index contributed by atoms with van der Waals surface area (Å²) in [5.74, 6) is 0.595. The lowest BCUT2D eigenvalue weighted by atomic mass is 10.2. The number of amides is 3. The van der Waals surface area contributed by atoms with Crippen LogP contribution in [-0.4, -0.2) is 32.2 Å². The molecule has 1 aromatic carbocycles. The van der Waals surface area contributed by atoms with E-state index in [-0.39, 0.29) is 6.61 Å². The molecule has 0 saturated carbocycles. The zero-order valence-corrected chi connectivity index (χ0v) is 12.3. The molecule has 4 N–H and O–H groups in total. The van der Waals surface area contributed by atoms with Gasteiger partial charge in [-0.15, -0.1) is 0 Å². The van der Waals surface area contributed by atoms with Crippen molar-refractivity contribution in [2.75, 3.05) is 20.3 Å². The van der Waals surface area contributed by atoms with Crippen molar-refractivity contribution in [1.29, 1.82) is 0 Å². The minimum absolute atomic E-state index is 0.295. The van der Waals surface area contributed by atoms with Crippen LogP contribution in [0, 0.1) is 0 Å². The van der Waals surface area contributed by atoms with Gasteiger partial charge in [0, 0.05) is 18.2 Å². The number of carbonyl (C=O) groups is 2. The quantitative estimate of drug-likeness (QED) is 0.657. The van der Waals surface area contributed by atoms with E-state index in [1.807, 2.05) is 31.4 Å². The maximum Gasteiger partial charge on any atom is 0.318 e. The number of rotatable bonds is 8. The first-order valence-electron chi connectivity index (χ1n) is 6.69. The summed E-state index contributed by atoms with van der Waals surface area (Å²) in [6.45, 7) is 2.91. The van der Waals surface area contributed by atoms with E-state index in [1.165, 1.54) is 0 Å². The minimum atomic E-state index is -0.904. The summed E-state index contributed by atoms with van der Waals surface area (Å²) < 4.78 is 11.0. The molecule has 0 aliphatic carbocycles. The van der Waals surface area contributed by atoms with Crippen LogP contribution in [0.3, 0.4) is 0 Å². The summed E-state index contributed by atoms with van der Waals surface area (Å²) in [4.78, 5) is 21.9. The van der Waals surface area contributed by atoms with E-state index in [1.54, 1.807) is 6.07 Å². The third-order valence-corrected chi connectivity index (χ3v) is 2.50. The van der Waals surface area contributed by atoms with E-state index in [0.29, 0.717) is 24.7 Å². The summed E-state index contributed by atoms with van der Waals surface area (Å²) in [6.07, 6.45) is 0.898. The first-order valence-corrected chi connectivity index (χ1v) is 6.69. The normalized spacial score (nSPS) is 10.0. The number of ether oxygens (including phenoxy) is 2. The molecule has 116 valence electrons. The van der Waals surface area contributed by atoms with Crippen molar-refractivity contribution in [3.05, 3.63) is 23.8 Å². The average Bonchev–Trinajstić information content (AvgIpc) is 2.44. The van der Waals surface area contributed by atoms with Gasteiger partial charge in [0.15, 0.2) is 6.61 Å². The second-order valence-corrected chi connectivity index (χ2v) is 4.35. The zero-order valence-electron chi connectivity index (χ0n) is 12.3. The Hall–Kier alpha value is -2.28. The van der Waals surface area contributed by atoms with Crippen LogP contribution in [0.15, 0.2) is 18.2 Å². The van der Waals surface area contributed by atoms with Crippen LogP contribution in [0.25, 0.3) is 0 Å². The Kier molecular flexibility index (Phi) is 7.03. The Morgan fingerprint density at radius 2 is 2.05 bits per heavy atom. The standard InChI is InChI=1S/C14H21N3O4/c1-3-6-20-11-5-4-10(8-16-2)12(7-11)21-9-13(18)17-14(15)19/h4-5,7,16H,3,6,8-9H2,1-2H3,(H3,15,17,18,19). The number of hydrogen-bond acceptors (Lipinski definition) is 5. The molecule has 7 nitrogen and oxygen atoms in total. The van der Waals surface area contributed by atoms with Gasteiger partial charge >= 0.3 is 6.03 Å². The van der Waals surface area contributed by atoms with Crippen molar-refractivity contribution in [2.24, 2.45) is 5.73 Å². The van der Waals surface area contributed by atoms with Crippen LogP contribution < -0.4 is 25.8 Å². The molecule has 0 saturated heterocycles. The predicted molar refractivity (Wildman–Crippen MR) is 78.2 cm³/mol. The SMILES string of the molecule is CCCOc1ccc(CNC)c(OCC(=O)NC(N)=O)c1. The molecule has 0 radical (unpaired) electrons. The Morgan fingerprint density at radius 1 is 1.29 bits per heavy atom. The third-order valence-electron chi connectivity index (χ3n) is 2.50. The van der Waals surface area contributed by atoms with Crippen molar-refractivity contribution in [3.63, 3.8) is 0 Å². The van der Waals surface area contributed by atoms with E-state index < -0.39 is 11.9 Å². The van der Waals surface area contributed by atoms with Gasteiger partial charge in [0.05, 0.1) is 6.61 Å². The number of primary amides is 1. The van der Waals surface area contributed by atoms with Gasteiger partial charge in [-0.2, -0.15) is 0 Å². The smallest absolute Gasteiger partial charge is 0.318 e. The van der Waals surface area contributed by atoms with Gasteiger partial charge < -0.3 is 20.5 Å². The van der Waals surface area contributed by atoms with Crippen molar-refractivity contribution in [2.45, 2.75) is 19.9 Å². The van der Waals surface area contributed by atoms with Crippen molar-refractivity contribution < 1.29 is 19.1 Å². The molecule has 7 heteroatoms. The predicted octanol–water partition coefficient (Wildman–Crippen LogP) is 0.768. The lowest BCUT2D eigenvalue weighted by Gasteiger charge is -2.13. The molecule has 0 bridgehead atoms. The van der Waals surface area contributed by atoms with Crippen LogP contribution in [0.2, 0.25) is 0 Å². The molecule has 0 unspecified atom stereocenters. The molecule has 0 fully saturated rings. The highest BCUT2D eigenvalue weighted by Gasteiger charge is 2.09. The highest BCUT2D eigenvalue weighted by molar-refractivity contribution is 5.94. The molecule has 0 spiro atoms. The number of benzene rings is 1. The fraction of sp³-hybridized carbons (Fsp3) is 0.429. The molecule has 21 heavy (non-hydrogen) atoms. The lowest BCUT2D eigenvalue weighted by Crippen LogP contribution is -2.38. The van der Waals surface area contributed by atoms with E-state index >= 15 is 0 Å². The Bertz CT molecular complexity index is 491. The molecular weight excluding hydrogens is 274 g/mol. The molecule has 0 atom stereocenters. The monoisotopic (exact) mass is 295 g/mol. The molecule has 0 heterocycles. The summed E-state index contributed by atoms with van der Waals surface area (Å²) in [5.41, 5.74) is 5.75. The summed E-state index contributed by atoms with van der Waals surface area (Å²) in [7, 11) is 1.81. The Balaban J connectivity index is 2.75. The van der Waals surface area contributed by atoms with Gasteiger partial charge in [-0.3, -0.25) is 10.1 Å². The topological polar surface area (TPSA) is 103 Å². The first-order chi connectivity index (χ1) is 10.1. The summed E-state index contributed by atoms with van der Waals surface area (Å²) in [5, 5.41) is 4.95. The fourth-order valence-electron chi connectivity index (χ4n) is 1.63. The molecule has 3 amide bonds. The largest absolute Gasteiger partial charge is 0.493 e. The minimum Gasteiger partial charge on any atom is -0.493 e. The number of hydrogen-bond donors (Lipinski definition) is 3. The van der Waals surface area contributed by atoms with Gasteiger partial charge in [-0.05, 0) is 19.5 Å². The van der Waals surface area contributed by atoms with Gasteiger partial charge in [0.25, 0.3) is 5.91 Å². The molecular formula is C14H21N3O4. The third kappa shape index (κ3) is 6.13. The Labute approximate surface area is 123 Å². The van der Waals surface area contributed by atoms with Crippen LogP contribution >= 0.6 is 0 Å². The summed E-state index contributed by atoms with van der Waals surface area (Å²) in [6, 6.07) is 4.53. The molecule has 0 aliphatic rings. The maximum atomic E-state index is 11.4. The number of urea groups is 1. The molecule has 1 rings (SSSR count). The first kappa shape index (κ1) is 16.8. The summed E-state index contributed by atoms with van der Waals surface area (Å²) >= 11 is 0. The highest BCUT2D eigenvalue weighted by Crippen LogP contribution is 2.25. The Morgan fingerprint density at radius 3 is 2.67 bits per heavy atom. The molecule has 1 aromatic rings. The number of nitrogens with one attached hydrogen (secondary N) is 2. The van der Waals surface area contributed by atoms with Crippen molar-refractivity contribution in [3.8, 4) is 11.5 Å². The number of nitrogens with two attached hydrogens (primary N) is 1. The lowest BCUT2D eigenvalue weighted by molar-refractivity contribution is -0.121. The average molecular weight is 295 g/mol. The fourth-order valence-corrected chi connectivity index (χ4v) is 1.63. The maximum absolute atomic E-state index is 11.4. The van der Waals surface area contributed by atoms with E-state index in [0.717, 1.165) is 12.0 Å². The van der Waals surface area contributed by atoms with E-state index in [4.69, 9.17) is 15.2 Å². The number of imide groups is 1. The van der Waals surface area contributed by atoms with Gasteiger partial charge in [-0.1, -0.05) is 13.0 Å². The van der Waals surface area contributed by atoms with Crippen molar-refractivity contribution >= 4 is 11.9 Å². The second-order valence-electron chi connectivity index (χ2n) is 4.35. The van der Waals surface area contributed by atoms with Gasteiger partial charge in [0.2, 0.25) is 0 Å². The van der Waals surface area contributed by atoms with Crippen molar-refractivity contribution in [1.82, 2.24) is 10.6 Å². The zero-order chi connectivity index (χ0) is 15.7.